The standard InChI is InChI=1S/C10H8OSSe/c11-10(8-5-6-12-7-8)13-9-3-1-2-4-9/h1-3,5-7H,4H2. The fourth-order valence-electron chi connectivity index (χ4n) is 1.06. The van der Waals surface area contributed by atoms with Crippen LogP contribution in [0, 0.1) is 0 Å². The number of carbonyl (C=O) groups excluding carboxylic acids is 1. The zero-order valence-electron chi connectivity index (χ0n) is 6.90. The summed E-state index contributed by atoms with van der Waals surface area (Å²) in [5.74, 6) is 0. The van der Waals surface area contributed by atoms with Crippen molar-refractivity contribution >= 4 is 31.0 Å². The Kier molecular flexibility index (Phi) is 2.79. The second-order valence-corrected chi connectivity index (χ2v) is 5.75. The van der Waals surface area contributed by atoms with E-state index in [4.69, 9.17) is 0 Å². The summed E-state index contributed by atoms with van der Waals surface area (Å²) in [5, 5.41) is 3.87. The molecule has 0 saturated heterocycles. The van der Waals surface area contributed by atoms with Gasteiger partial charge in [0.15, 0.2) is 0 Å². The van der Waals surface area contributed by atoms with Gasteiger partial charge >= 0.3 is 87.3 Å². The molecule has 0 saturated carbocycles. The fourth-order valence-corrected chi connectivity index (χ4v) is 3.56. The van der Waals surface area contributed by atoms with Gasteiger partial charge in [0.25, 0.3) is 0 Å². The molecule has 1 heterocycles. The van der Waals surface area contributed by atoms with Gasteiger partial charge in [-0.1, -0.05) is 0 Å². The van der Waals surface area contributed by atoms with Crippen molar-refractivity contribution in [3.8, 4) is 0 Å². The van der Waals surface area contributed by atoms with Gasteiger partial charge in [0.05, 0.1) is 0 Å². The third-order valence-corrected chi connectivity index (χ3v) is 4.47. The molecule has 0 radical (unpaired) electrons. The molecule has 66 valence electrons. The van der Waals surface area contributed by atoms with Gasteiger partial charge in [0.1, 0.15) is 0 Å². The first kappa shape index (κ1) is 8.95. The summed E-state index contributed by atoms with van der Waals surface area (Å²) in [5.41, 5.74) is 0.873. The van der Waals surface area contributed by atoms with E-state index in [1.807, 2.05) is 22.9 Å². The van der Waals surface area contributed by atoms with Gasteiger partial charge in [0.2, 0.25) is 0 Å². The van der Waals surface area contributed by atoms with E-state index in [0.717, 1.165) is 12.0 Å². The molecule has 0 fully saturated rings. The van der Waals surface area contributed by atoms with Crippen LogP contribution in [0.2, 0.25) is 0 Å². The van der Waals surface area contributed by atoms with E-state index < -0.39 is 0 Å². The van der Waals surface area contributed by atoms with E-state index in [2.05, 4.69) is 12.2 Å². The predicted molar refractivity (Wildman–Crippen MR) is 56.2 cm³/mol. The molecule has 1 aliphatic carbocycles. The van der Waals surface area contributed by atoms with Crippen molar-refractivity contribution in [1.29, 1.82) is 0 Å². The molecule has 0 bridgehead atoms. The van der Waals surface area contributed by atoms with E-state index in [9.17, 15) is 4.79 Å². The number of rotatable bonds is 3. The Labute approximate surface area is 87.3 Å². The average molecular weight is 255 g/mol. The molecule has 0 unspecified atom stereocenters. The van der Waals surface area contributed by atoms with Gasteiger partial charge in [-0.15, -0.1) is 0 Å². The molecule has 1 nitrogen and oxygen atoms in total. The summed E-state index contributed by atoms with van der Waals surface area (Å²) >= 11 is 1.58. The molecule has 1 aromatic rings. The average Bonchev–Trinajstić information content (AvgIpc) is 2.74. The zero-order chi connectivity index (χ0) is 9.10. The molecule has 0 spiro atoms. The van der Waals surface area contributed by atoms with E-state index in [1.54, 1.807) is 11.3 Å². The summed E-state index contributed by atoms with van der Waals surface area (Å²) in [6.07, 6.45) is 7.15. The molecule has 0 aliphatic heterocycles. The quantitative estimate of drug-likeness (QED) is 0.758. The van der Waals surface area contributed by atoms with E-state index in [-0.39, 0.29) is 15.0 Å². The SMILES string of the molecule is O=C([Se]C1=CC=CC1)c1ccsc1. The number of carbonyl (C=O) groups is 1. The van der Waals surface area contributed by atoms with Crippen LogP contribution in [0.3, 0.4) is 0 Å². The molecule has 0 N–H and O–H groups in total. The van der Waals surface area contributed by atoms with Crippen LogP contribution in [0.15, 0.2) is 39.5 Å². The molecule has 0 aromatic carbocycles. The molecule has 3 heteroatoms. The van der Waals surface area contributed by atoms with E-state index in [0.29, 0.717) is 4.68 Å². The van der Waals surface area contributed by atoms with Gasteiger partial charge in [-0.2, -0.15) is 0 Å². The van der Waals surface area contributed by atoms with Gasteiger partial charge in [0, 0.05) is 0 Å². The Balaban J connectivity index is 2.00. The summed E-state index contributed by atoms with van der Waals surface area (Å²) in [6, 6.07) is 1.90. The van der Waals surface area contributed by atoms with Gasteiger partial charge in [-0.25, -0.2) is 0 Å². The van der Waals surface area contributed by atoms with Crippen LogP contribution in [-0.4, -0.2) is 19.6 Å². The Morgan fingerprint density at radius 2 is 2.46 bits per heavy atom. The van der Waals surface area contributed by atoms with Gasteiger partial charge in [-0.05, 0) is 0 Å². The monoisotopic (exact) mass is 256 g/mol. The minimum atomic E-state index is 0.00454. The van der Waals surface area contributed by atoms with Crippen molar-refractivity contribution in [2.24, 2.45) is 0 Å². The number of hydrogen-bond donors (Lipinski definition) is 0. The van der Waals surface area contributed by atoms with Crippen molar-refractivity contribution in [3.05, 3.63) is 45.1 Å². The first-order valence-electron chi connectivity index (χ1n) is 3.96. The Morgan fingerprint density at radius 1 is 1.54 bits per heavy atom. The number of allylic oxidation sites excluding steroid dienone is 4. The van der Waals surface area contributed by atoms with E-state index in [1.165, 1.54) is 4.47 Å². The second-order valence-electron chi connectivity index (χ2n) is 2.67. The molecular formula is C10H8OSSe. The van der Waals surface area contributed by atoms with Crippen molar-refractivity contribution in [3.63, 3.8) is 0 Å². The summed E-state index contributed by atoms with van der Waals surface area (Å²) in [7, 11) is 0. The normalized spacial score (nSPS) is 14.6. The van der Waals surface area contributed by atoms with E-state index >= 15 is 0 Å². The van der Waals surface area contributed by atoms with Crippen LogP contribution in [0.25, 0.3) is 0 Å². The Hall–Kier alpha value is -0.631. The first-order chi connectivity index (χ1) is 6.36. The molecule has 1 aromatic heterocycles. The first-order valence-corrected chi connectivity index (χ1v) is 6.62. The van der Waals surface area contributed by atoms with Crippen molar-refractivity contribution in [1.82, 2.24) is 0 Å². The third kappa shape index (κ3) is 2.19. The molecule has 0 amide bonds. The van der Waals surface area contributed by atoms with Crippen LogP contribution in [-0.2, 0) is 0 Å². The van der Waals surface area contributed by atoms with Crippen LogP contribution in [0.4, 0.5) is 0 Å². The van der Waals surface area contributed by atoms with Crippen LogP contribution < -0.4 is 0 Å². The predicted octanol–water partition coefficient (Wildman–Crippen LogP) is 2.44. The minimum absolute atomic E-state index is 0.00454. The second kappa shape index (κ2) is 4.05. The number of hydrogen-bond acceptors (Lipinski definition) is 2. The van der Waals surface area contributed by atoms with Crippen molar-refractivity contribution in [2.75, 3.05) is 0 Å². The summed E-state index contributed by atoms with van der Waals surface area (Å²) in [4.78, 5) is 11.6. The maximum absolute atomic E-state index is 11.6. The van der Waals surface area contributed by atoms with Gasteiger partial charge in [-0.3, -0.25) is 0 Å². The van der Waals surface area contributed by atoms with Crippen molar-refractivity contribution in [2.45, 2.75) is 6.42 Å². The van der Waals surface area contributed by atoms with Gasteiger partial charge < -0.3 is 0 Å². The fraction of sp³-hybridized carbons (Fsp3) is 0.100. The zero-order valence-corrected chi connectivity index (χ0v) is 9.43. The van der Waals surface area contributed by atoms with Crippen LogP contribution in [0.5, 0.6) is 0 Å². The molecule has 13 heavy (non-hydrogen) atoms. The molecule has 1 aliphatic rings. The Morgan fingerprint density at radius 3 is 3.08 bits per heavy atom. The molecule has 2 rings (SSSR count). The summed E-state index contributed by atoms with van der Waals surface area (Å²) in [6.45, 7) is 0. The number of thiophene rings is 1. The van der Waals surface area contributed by atoms with Crippen molar-refractivity contribution < 1.29 is 4.79 Å². The maximum atomic E-state index is 11.6. The van der Waals surface area contributed by atoms with Crippen LogP contribution in [0.1, 0.15) is 16.8 Å². The summed E-state index contributed by atoms with van der Waals surface area (Å²) < 4.78 is 1.58. The van der Waals surface area contributed by atoms with Crippen LogP contribution >= 0.6 is 11.3 Å². The molecular weight excluding hydrogens is 247 g/mol. The third-order valence-electron chi connectivity index (χ3n) is 1.72. The topological polar surface area (TPSA) is 17.1 Å². The molecule has 0 atom stereocenters. The Bertz CT molecular complexity index is 362.